The van der Waals surface area contributed by atoms with Crippen LogP contribution in [0.2, 0.25) is 0 Å². The zero-order valence-corrected chi connectivity index (χ0v) is 28.5. The first-order valence-electron chi connectivity index (χ1n) is 16.9. The number of aryl methyl sites for hydroxylation is 1. The average molecular weight is 663 g/mol. The third kappa shape index (κ3) is 13.4. The summed E-state index contributed by atoms with van der Waals surface area (Å²) in [4.78, 5) is 47.2. The summed E-state index contributed by atoms with van der Waals surface area (Å²) in [7, 11) is 0. The third-order valence-electron chi connectivity index (χ3n) is 7.95. The number of unbranched alkanes of at least 4 members (excludes halogenated alkanes) is 2. The normalized spacial score (nSPS) is 14.6. The molecule has 2 heterocycles. The summed E-state index contributed by atoms with van der Waals surface area (Å²) in [5.41, 5.74) is 1.62. The molecule has 48 heavy (non-hydrogen) atoms. The van der Waals surface area contributed by atoms with Crippen molar-refractivity contribution in [2.75, 3.05) is 39.3 Å². The standard InChI is InChI=1S/C36H50N6O6/c1-36(2,3)47-34(44)37-20-12-10-19-30(38-35(45)46-27-29-17-8-5-9-18-29)32(43)33-39-31(48-40-33)26-42-24-22-41(23-25-42)21-13-11-16-28-14-6-4-7-15-28/h4-9,14-15,17-18,30H,10-13,16,19-27H2,1-3H3,(H,37,44)(H,38,45). The van der Waals surface area contributed by atoms with Gasteiger partial charge in [0.2, 0.25) is 17.5 Å². The maximum atomic E-state index is 13.5. The van der Waals surface area contributed by atoms with Gasteiger partial charge in [-0.15, -0.1) is 0 Å². The van der Waals surface area contributed by atoms with Crippen LogP contribution in [-0.2, 0) is 29.0 Å². The fraction of sp³-hybridized carbons (Fsp3) is 0.528. The summed E-state index contributed by atoms with van der Waals surface area (Å²) in [5.74, 6) is -0.175. The number of amides is 2. The largest absolute Gasteiger partial charge is 0.445 e. The lowest BCUT2D eigenvalue weighted by molar-refractivity contribution is 0.0526. The Morgan fingerprint density at radius 1 is 0.854 bits per heavy atom. The molecule has 1 aromatic heterocycles. The Labute approximate surface area is 283 Å². The minimum absolute atomic E-state index is 0.0701. The number of Topliss-reactive ketones (excluding diaryl/α,β-unsaturated/α-hetero) is 1. The van der Waals surface area contributed by atoms with Crippen LogP contribution in [0.1, 0.15) is 80.5 Å². The van der Waals surface area contributed by atoms with Crippen LogP contribution in [0.5, 0.6) is 0 Å². The lowest BCUT2D eigenvalue weighted by Gasteiger charge is -2.33. The van der Waals surface area contributed by atoms with E-state index in [9.17, 15) is 14.4 Å². The van der Waals surface area contributed by atoms with Gasteiger partial charge >= 0.3 is 12.2 Å². The predicted octanol–water partition coefficient (Wildman–Crippen LogP) is 5.38. The molecule has 0 radical (unpaired) electrons. The van der Waals surface area contributed by atoms with E-state index in [1.807, 2.05) is 30.3 Å². The Morgan fingerprint density at radius 2 is 1.52 bits per heavy atom. The van der Waals surface area contributed by atoms with Crippen molar-refractivity contribution >= 4 is 18.0 Å². The van der Waals surface area contributed by atoms with Crippen LogP contribution in [0.4, 0.5) is 9.59 Å². The monoisotopic (exact) mass is 662 g/mol. The Hall–Kier alpha value is -4.29. The van der Waals surface area contributed by atoms with Crippen molar-refractivity contribution in [1.29, 1.82) is 0 Å². The number of hydrogen-bond donors (Lipinski definition) is 2. The summed E-state index contributed by atoms with van der Waals surface area (Å²) in [6.45, 7) is 11.0. The van der Waals surface area contributed by atoms with E-state index in [-0.39, 0.29) is 12.4 Å². The summed E-state index contributed by atoms with van der Waals surface area (Å²) < 4.78 is 16.1. The van der Waals surface area contributed by atoms with Crippen LogP contribution in [0.25, 0.3) is 0 Å². The first-order chi connectivity index (χ1) is 23.1. The molecular weight excluding hydrogens is 612 g/mol. The predicted molar refractivity (Wildman–Crippen MR) is 181 cm³/mol. The topological polar surface area (TPSA) is 139 Å². The van der Waals surface area contributed by atoms with Gasteiger partial charge in [0.05, 0.1) is 12.6 Å². The Balaban J connectivity index is 1.23. The molecule has 1 aliphatic heterocycles. The highest BCUT2D eigenvalue weighted by Gasteiger charge is 2.28. The van der Waals surface area contributed by atoms with Gasteiger partial charge in [-0.1, -0.05) is 65.8 Å². The number of alkyl carbamates (subject to hydrolysis) is 2. The first-order valence-corrected chi connectivity index (χ1v) is 16.9. The molecule has 1 unspecified atom stereocenters. The SMILES string of the molecule is CC(C)(C)OC(=O)NCCCCC(NC(=O)OCc1ccccc1)C(=O)c1noc(CN2CCN(CCCCc3ccccc3)CC2)n1. The number of aromatic nitrogens is 2. The minimum Gasteiger partial charge on any atom is -0.445 e. The van der Waals surface area contributed by atoms with Crippen molar-refractivity contribution in [1.82, 2.24) is 30.6 Å². The number of ether oxygens (including phenoxy) is 2. The Kier molecular flexibility index (Phi) is 14.4. The number of carbonyl (C=O) groups excluding carboxylic acids is 3. The molecule has 260 valence electrons. The second kappa shape index (κ2) is 18.9. The van der Waals surface area contributed by atoms with Crippen molar-refractivity contribution < 1.29 is 28.4 Å². The van der Waals surface area contributed by atoms with Crippen LogP contribution in [0.3, 0.4) is 0 Å². The molecule has 1 atom stereocenters. The van der Waals surface area contributed by atoms with Crippen molar-refractivity contribution in [2.45, 2.75) is 84.1 Å². The number of rotatable bonds is 17. The molecule has 12 nitrogen and oxygen atoms in total. The molecule has 3 aromatic rings. The van der Waals surface area contributed by atoms with Crippen LogP contribution in [0, 0.1) is 0 Å². The molecule has 0 aliphatic carbocycles. The second-order valence-electron chi connectivity index (χ2n) is 13.1. The lowest BCUT2D eigenvalue weighted by atomic mass is 10.0. The fourth-order valence-corrected chi connectivity index (χ4v) is 5.40. The van der Waals surface area contributed by atoms with Gasteiger partial charge in [-0.05, 0) is 77.0 Å². The molecule has 1 aliphatic rings. The van der Waals surface area contributed by atoms with Gasteiger partial charge in [-0.25, -0.2) is 9.59 Å². The lowest BCUT2D eigenvalue weighted by Crippen LogP contribution is -2.46. The number of piperazine rings is 1. The van der Waals surface area contributed by atoms with Gasteiger partial charge in [0.25, 0.3) is 0 Å². The molecule has 1 fully saturated rings. The van der Waals surface area contributed by atoms with Crippen LogP contribution in [0.15, 0.2) is 65.2 Å². The van der Waals surface area contributed by atoms with E-state index in [0.717, 1.165) is 44.7 Å². The molecule has 2 N–H and O–H groups in total. The molecule has 0 saturated carbocycles. The number of carbonyl (C=O) groups is 3. The van der Waals surface area contributed by atoms with E-state index in [1.165, 1.54) is 18.4 Å². The Morgan fingerprint density at radius 3 is 2.21 bits per heavy atom. The molecule has 2 amide bonds. The maximum Gasteiger partial charge on any atom is 0.408 e. The minimum atomic E-state index is -0.925. The van der Waals surface area contributed by atoms with Crippen LogP contribution in [-0.4, -0.2) is 88.8 Å². The summed E-state index contributed by atoms with van der Waals surface area (Å²) in [6, 6.07) is 19.0. The van der Waals surface area contributed by atoms with Gasteiger partial charge in [-0.3, -0.25) is 9.69 Å². The van der Waals surface area contributed by atoms with E-state index in [2.05, 4.69) is 60.9 Å². The number of nitrogens with one attached hydrogen (secondary N) is 2. The van der Waals surface area contributed by atoms with Crippen molar-refractivity contribution in [2.24, 2.45) is 0 Å². The molecule has 1 saturated heterocycles. The summed E-state index contributed by atoms with van der Waals surface area (Å²) in [5, 5.41) is 9.35. The number of hydrogen-bond acceptors (Lipinski definition) is 10. The van der Waals surface area contributed by atoms with E-state index in [1.54, 1.807) is 20.8 Å². The van der Waals surface area contributed by atoms with Crippen molar-refractivity contribution in [3.05, 3.63) is 83.5 Å². The van der Waals surface area contributed by atoms with Gasteiger partial charge in [-0.2, -0.15) is 4.98 Å². The van der Waals surface area contributed by atoms with E-state index >= 15 is 0 Å². The van der Waals surface area contributed by atoms with E-state index in [0.29, 0.717) is 38.2 Å². The smallest absolute Gasteiger partial charge is 0.408 e. The van der Waals surface area contributed by atoms with Gasteiger partial charge in [0.15, 0.2) is 0 Å². The number of nitrogens with zero attached hydrogens (tertiary/aromatic N) is 4. The molecule has 4 rings (SSSR count). The zero-order valence-electron chi connectivity index (χ0n) is 28.5. The van der Waals surface area contributed by atoms with E-state index < -0.39 is 29.6 Å². The highest BCUT2D eigenvalue weighted by molar-refractivity contribution is 5.98. The Bertz CT molecular complexity index is 1400. The number of ketones is 1. The van der Waals surface area contributed by atoms with E-state index in [4.69, 9.17) is 14.0 Å². The molecule has 2 aromatic carbocycles. The van der Waals surface area contributed by atoms with Gasteiger partial charge in [0, 0.05) is 32.7 Å². The molecule has 12 heteroatoms. The quantitative estimate of drug-likeness (QED) is 0.143. The van der Waals surface area contributed by atoms with Crippen molar-refractivity contribution in [3.63, 3.8) is 0 Å². The number of benzene rings is 2. The van der Waals surface area contributed by atoms with Gasteiger partial charge in [0.1, 0.15) is 12.2 Å². The van der Waals surface area contributed by atoms with Crippen LogP contribution >= 0.6 is 0 Å². The average Bonchev–Trinajstić information content (AvgIpc) is 3.54. The van der Waals surface area contributed by atoms with Crippen molar-refractivity contribution in [3.8, 4) is 0 Å². The summed E-state index contributed by atoms with van der Waals surface area (Å²) in [6.07, 6.45) is 3.63. The third-order valence-corrected chi connectivity index (χ3v) is 7.95. The molecule has 0 bridgehead atoms. The zero-order chi connectivity index (χ0) is 34.2. The summed E-state index contributed by atoms with van der Waals surface area (Å²) >= 11 is 0. The highest BCUT2D eigenvalue weighted by Crippen LogP contribution is 2.13. The fourth-order valence-electron chi connectivity index (χ4n) is 5.40. The second-order valence-corrected chi connectivity index (χ2v) is 13.1. The van der Waals surface area contributed by atoms with Crippen LogP contribution < -0.4 is 10.6 Å². The molecule has 0 spiro atoms. The highest BCUT2D eigenvalue weighted by atomic mass is 16.6. The maximum absolute atomic E-state index is 13.5. The molecular formula is C36H50N6O6. The van der Waals surface area contributed by atoms with Gasteiger partial charge < -0.3 is 29.5 Å². The first kappa shape index (κ1) is 36.5.